The highest BCUT2D eigenvalue weighted by atomic mass is 16.3. The molecule has 2 saturated carbocycles. The minimum atomic E-state index is -1.10. The first-order valence-electron chi connectivity index (χ1n) is 7.21. The van der Waals surface area contributed by atoms with Crippen LogP contribution in [-0.4, -0.2) is 23.2 Å². The summed E-state index contributed by atoms with van der Waals surface area (Å²) in [5.74, 6) is -0.174. The molecular weight excluding hydrogens is 238 g/mol. The SMILES string of the molecule is O=C(NCC1(c2ccccc2)CC1)C1(O)CCCC1. The first-order chi connectivity index (χ1) is 9.15. The van der Waals surface area contributed by atoms with E-state index in [9.17, 15) is 9.90 Å². The van der Waals surface area contributed by atoms with Gasteiger partial charge in [0.05, 0.1) is 0 Å². The largest absolute Gasteiger partial charge is 0.380 e. The summed E-state index contributed by atoms with van der Waals surface area (Å²) in [6.07, 6.45) is 5.36. The number of nitrogens with one attached hydrogen (secondary N) is 1. The second kappa shape index (κ2) is 4.64. The van der Waals surface area contributed by atoms with Gasteiger partial charge in [-0.25, -0.2) is 0 Å². The molecule has 2 aliphatic carbocycles. The van der Waals surface area contributed by atoms with Crippen LogP contribution in [0.5, 0.6) is 0 Å². The van der Waals surface area contributed by atoms with Gasteiger partial charge in [0, 0.05) is 12.0 Å². The van der Waals surface area contributed by atoms with Crippen LogP contribution in [-0.2, 0) is 10.2 Å². The molecule has 102 valence electrons. The van der Waals surface area contributed by atoms with Crippen LogP contribution < -0.4 is 5.32 Å². The van der Waals surface area contributed by atoms with Crippen molar-refractivity contribution in [1.82, 2.24) is 5.32 Å². The number of rotatable bonds is 4. The lowest BCUT2D eigenvalue weighted by Gasteiger charge is -2.23. The van der Waals surface area contributed by atoms with Crippen molar-refractivity contribution in [3.8, 4) is 0 Å². The second-order valence-electron chi connectivity index (χ2n) is 6.07. The summed E-state index contributed by atoms with van der Waals surface area (Å²) in [7, 11) is 0. The third-order valence-electron chi connectivity index (χ3n) is 4.68. The van der Waals surface area contributed by atoms with Crippen molar-refractivity contribution < 1.29 is 9.90 Å². The minimum absolute atomic E-state index is 0.117. The molecule has 0 saturated heterocycles. The molecule has 2 fully saturated rings. The highest BCUT2D eigenvalue weighted by molar-refractivity contribution is 5.85. The van der Waals surface area contributed by atoms with Crippen LogP contribution in [0.1, 0.15) is 44.1 Å². The predicted octanol–water partition coefficient (Wildman–Crippen LogP) is 2.14. The number of carbonyl (C=O) groups excluding carboxylic acids is 1. The number of amides is 1. The average Bonchev–Trinajstić information content (AvgIpc) is 3.12. The Balaban J connectivity index is 1.62. The zero-order chi connectivity index (χ0) is 13.3. The molecule has 19 heavy (non-hydrogen) atoms. The molecule has 0 unspecified atom stereocenters. The number of benzene rings is 1. The molecule has 2 N–H and O–H groups in total. The lowest BCUT2D eigenvalue weighted by Crippen LogP contribution is -2.47. The fourth-order valence-electron chi connectivity index (χ4n) is 3.11. The van der Waals surface area contributed by atoms with Crippen LogP contribution in [0.3, 0.4) is 0 Å². The summed E-state index contributed by atoms with van der Waals surface area (Å²) in [6, 6.07) is 10.4. The lowest BCUT2D eigenvalue weighted by atomic mass is 9.95. The van der Waals surface area contributed by atoms with E-state index in [1.54, 1.807) is 0 Å². The zero-order valence-corrected chi connectivity index (χ0v) is 11.2. The van der Waals surface area contributed by atoms with E-state index >= 15 is 0 Å². The summed E-state index contributed by atoms with van der Waals surface area (Å²) in [6.45, 7) is 0.651. The molecule has 0 spiro atoms. The molecule has 0 bridgehead atoms. The van der Waals surface area contributed by atoms with Crippen molar-refractivity contribution in [3.63, 3.8) is 0 Å². The maximum atomic E-state index is 12.1. The average molecular weight is 259 g/mol. The van der Waals surface area contributed by atoms with E-state index in [-0.39, 0.29) is 11.3 Å². The van der Waals surface area contributed by atoms with Gasteiger partial charge in [-0.2, -0.15) is 0 Å². The third-order valence-corrected chi connectivity index (χ3v) is 4.68. The van der Waals surface area contributed by atoms with E-state index in [2.05, 4.69) is 17.4 Å². The van der Waals surface area contributed by atoms with E-state index in [0.29, 0.717) is 19.4 Å². The van der Waals surface area contributed by atoms with Gasteiger partial charge in [-0.05, 0) is 44.1 Å². The third kappa shape index (κ3) is 2.39. The zero-order valence-electron chi connectivity index (χ0n) is 11.2. The molecule has 1 amide bonds. The van der Waals surface area contributed by atoms with Gasteiger partial charge < -0.3 is 10.4 Å². The normalized spacial score (nSPS) is 23.0. The monoisotopic (exact) mass is 259 g/mol. The minimum Gasteiger partial charge on any atom is -0.380 e. The Morgan fingerprint density at radius 1 is 1.11 bits per heavy atom. The van der Waals surface area contributed by atoms with Crippen LogP contribution in [0.4, 0.5) is 0 Å². The molecule has 0 atom stereocenters. The molecule has 0 aliphatic heterocycles. The number of hydrogen-bond acceptors (Lipinski definition) is 2. The Morgan fingerprint density at radius 3 is 2.32 bits per heavy atom. The molecule has 3 heteroatoms. The smallest absolute Gasteiger partial charge is 0.251 e. The summed E-state index contributed by atoms with van der Waals surface area (Å²) >= 11 is 0. The van der Waals surface area contributed by atoms with Crippen LogP contribution in [0.25, 0.3) is 0 Å². The van der Waals surface area contributed by atoms with Crippen molar-refractivity contribution in [2.24, 2.45) is 0 Å². The predicted molar refractivity (Wildman–Crippen MR) is 73.8 cm³/mol. The summed E-state index contributed by atoms with van der Waals surface area (Å²) < 4.78 is 0. The van der Waals surface area contributed by atoms with Crippen molar-refractivity contribution >= 4 is 5.91 Å². The molecule has 3 nitrogen and oxygen atoms in total. The second-order valence-corrected chi connectivity index (χ2v) is 6.07. The molecular formula is C16H21NO2. The standard InChI is InChI=1S/C16H21NO2/c18-14(16(19)8-4-5-9-16)17-12-15(10-11-15)13-6-2-1-3-7-13/h1-3,6-7,19H,4-5,8-12H2,(H,17,18). The Morgan fingerprint density at radius 2 is 1.74 bits per heavy atom. The van der Waals surface area contributed by atoms with Crippen molar-refractivity contribution in [1.29, 1.82) is 0 Å². The van der Waals surface area contributed by atoms with Crippen molar-refractivity contribution in [2.45, 2.75) is 49.5 Å². The van der Waals surface area contributed by atoms with Gasteiger partial charge in [-0.15, -0.1) is 0 Å². The van der Waals surface area contributed by atoms with Gasteiger partial charge in [-0.3, -0.25) is 4.79 Å². The summed E-state index contributed by atoms with van der Waals surface area (Å²) in [5.41, 5.74) is 0.312. The fourth-order valence-corrected chi connectivity index (χ4v) is 3.11. The Labute approximate surface area is 114 Å². The van der Waals surface area contributed by atoms with E-state index in [1.165, 1.54) is 5.56 Å². The van der Waals surface area contributed by atoms with Crippen LogP contribution in [0.2, 0.25) is 0 Å². The maximum absolute atomic E-state index is 12.1. The maximum Gasteiger partial charge on any atom is 0.251 e. The number of carbonyl (C=O) groups is 1. The first kappa shape index (κ1) is 12.7. The topological polar surface area (TPSA) is 49.3 Å². The molecule has 0 aromatic heterocycles. The van der Waals surface area contributed by atoms with Crippen LogP contribution >= 0.6 is 0 Å². The highest BCUT2D eigenvalue weighted by Crippen LogP contribution is 2.47. The molecule has 0 heterocycles. The molecule has 1 aromatic carbocycles. The number of hydrogen-bond donors (Lipinski definition) is 2. The highest BCUT2D eigenvalue weighted by Gasteiger charge is 2.46. The van der Waals surface area contributed by atoms with Crippen LogP contribution in [0, 0.1) is 0 Å². The Bertz CT molecular complexity index is 459. The molecule has 2 aliphatic rings. The summed E-state index contributed by atoms with van der Waals surface area (Å²) in [5, 5.41) is 13.2. The molecule has 3 rings (SSSR count). The Kier molecular flexibility index (Phi) is 3.09. The van der Waals surface area contributed by atoms with E-state index in [0.717, 1.165) is 25.7 Å². The Hall–Kier alpha value is -1.35. The van der Waals surface area contributed by atoms with Gasteiger partial charge in [0.1, 0.15) is 5.60 Å². The lowest BCUT2D eigenvalue weighted by molar-refractivity contribution is -0.139. The van der Waals surface area contributed by atoms with Gasteiger partial charge in [-0.1, -0.05) is 30.3 Å². The molecule has 0 radical (unpaired) electrons. The fraction of sp³-hybridized carbons (Fsp3) is 0.562. The van der Waals surface area contributed by atoms with Crippen molar-refractivity contribution in [3.05, 3.63) is 35.9 Å². The van der Waals surface area contributed by atoms with Gasteiger partial charge in [0.25, 0.3) is 5.91 Å². The number of aliphatic hydroxyl groups is 1. The van der Waals surface area contributed by atoms with E-state index < -0.39 is 5.60 Å². The molecule has 1 aromatic rings. The summed E-state index contributed by atoms with van der Waals surface area (Å²) in [4.78, 5) is 12.1. The van der Waals surface area contributed by atoms with Gasteiger partial charge in [0.2, 0.25) is 0 Å². The van der Waals surface area contributed by atoms with Crippen molar-refractivity contribution in [2.75, 3.05) is 6.54 Å². The quantitative estimate of drug-likeness (QED) is 0.870. The van der Waals surface area contributed by atoms with E-state index in [4.69, 9.17) is 0 Å². The van der Waals surface area contributed by atoms with E-state index in [1.807, 2.05) is 18.2 Å². The van der Waals surface area contributed by atoms with Gasteiger partial charge in [0.15, 0.2) is 0 Å². The first-order valence-corrected chi connectivity index (χ1v) is 7.21. The van der Waals surface area contributed by atoms with Gasteiger partial charge >= 0.3 is 0 Å². The van der Waals surface area contributed by atoms with Crippen LogP contribution in [0.15, 0.2) is 30.3 Å².